The van der Waals surface area contributed by atoms with Crippen molar-refractivity contribution < 1.29 is 36.0 Å². The SMILES string of the molecule is O=P([O-])([O-])[O-].[Co+2]. The summed E-state index contributed by atoms with van der Waals surface area (Å²) >= 11 is 0. The molecule has 39 valence electrons. The van der Waals surface area contributed by atoms with E-state index in [4.69, 9.17) is 19.2 Å². The molecular formula is CoO4P-. The fraction of sp³-hybridized carbons (Fsp3) is 0. The van der Waals surface area contributed by atoms with E-state index in [0.29, 0.717) is 0 Å². The maximum atomic E-state index is 8.55. The molecule has 0 fully saturated rings. The molecular weight excluding hydrogens is 154 g/mol. The average Bonchev–Trinajstić information content (AvgIpc) is 0.722. The summed E-state index contributed by atoms with van der Waals surface area (Å²) < 4.78 is 8.55. The van der Waals surface area contributed by atoms with Crippen molar-refractivity contribution in [2.45, 2.75) is 0 Å². The number of rotatable bonds is 0. The third-order valence-electron chi connectivity index (χ3n) is 0. The zero-order chi connectivity index (χ0) is 4.50. The first-order valence-corrected chi connectivity index (χ1v) is 2.19. The van der Waals surface area contributed by atoms with Crippen molar-refractivity contribution in [1.29, 1.82) is 0 Å². The van der Waals surface area contributed by atoms with Crippen LogP contribution in [0.25, 0.3) is 0 Å². The van der Waals surface area contributed by atoms with E-state index in [0.717, 1.165) is 0 Å². The second-order valence-corrected chi connectivity index (χ2v) is 1.34. The molecule has 0 aliphatic carbocycles. The second kappa shape index (κ2) is 2.73. The Morgan fingerprint density at radius 1 is 1.17 bits per heavy atom. The largest absolute Gasteiger partial charge is 2.00 e. The molecule has 0 heterocycles. The van der Waals surface area contributed by atoms with E-state index in [-0.39, 0.29) is 16.8 Å². The van der Waals surface area contributed by atoms with Gasteiger partial charge < -0.3 is 19.2 Å². The quantitative estimate of drug-likeness (QED) is 0.352. The van der Waals surface area contributed by atoms with Crippen LogP contribution in [0.5, 0.6) is 0 Å². The first-order chi connectivity index (χ1) is 2.00. The minimum Gasteiger partial charge on any atom is -0.822 e. The van der Waals surface area contributed by atoms with E-state index in [2.05, 4.69) is 0 Å². The second-order valence-electron chi connectivity index (χ2n) is 0.447. The van der Waals surface area contributed by atoms with E-state index in [1.165, 1.54) is 0 Å². The van der Waals surface area contributed by atoms with E-state index < -0.39 is 7.82 Å². The summed E-state index contributed by atoms with van der Waals surface area (Å²) in [6, 6.07) is 0. The van der Waals surface area contributed by atoms with E-state index in [1.54, 1.807) is 0 Å². The topological polar surface area (TPSA) is 86.2 Å². The Kier molecular flexibility index (Phi) is 4.46. The Hall–Kier alpha value is 0.616. The summed E-state index contributed by atoms with van der Waals surface area (Å²) in [7, 11) is -5.39. The van der Waals surface area contributed by atoms with Gasteiger partial charge in [0.1, 0.15) is 0 Å². The molecule has 0 aliphatic rings. The molecule has 0 saturated heterocycles. The zero-order valence-corrected chi connectivity index (χ0v) is 4.35. The molecule has 4 nitrogen and oxygen atoms in total. The van der Waals surface area contributed by atoms with Crippen LogP contribution in [-0.2, 0) is 21.3 Å². The maximum Gasteiger partial charge on any atom is 2.00 e. The van der Waals surface area contributed by atoms with Crippen LogP contribution in [0.1, 0.15) is 0 Å². The van der Waals surface area contributed by atoms with Gasteiger partial charge in [-0.15, -0.1) is 0 Å². The number of hydrogen-bond donors (Lipinski definition) is 0. The number of hydrogen-bond acceptors (Lipinski definition) is 4. The van der Waals surface area contributed by atoms with Gasteiger partial charge in [-0.05, 0) is 0 Å². The third-order valence-corrected chi connectivity index (χ3v) is 0. The summed E-state index contributed by atoms with van der Waals surface area (Å²) in [4.78, 5) is 25.6. The molecule has 0 atom stereocenters. The molecule has 0 aromatic carbocycles. The van der Waals surface area contributed by atoms with Crippen LogP contribution in [0.15, 0.2) is 0 Å². The van der Waals surface area contributed by atoms with Crippen LogP contribution in [0, 0.1) is 0 Å². The summed E-state index contributed by atoms with van der Waals surface area (Å²) in [5.41, 5.74) is 0. The predicted octanol–water partition coefficient (Wildman–Crippen LogP) is -2.83. The Morgan fingerprint density at radius 2 is 1.17 bits per heavy atom. The van der Waals surface area contributed by atoms with Gasteiger partial charge in [-0.1, -0.05) is 0 Å². The normalized spacial score (nSPS) is 9.83. The van der Waals surface area contributed by atoms with Crippen LogP contribution in [0.4, 0.5) is 0 Å². The van der Waals surface area contributed by atoms with Crippen LogP contribution in [-0.4, -0.2) is 0 Å². The van der Waals surface area contributed by atoms with Gasteiger partial charge in [0.05, 0.1) is 0 Å². The summed E-state index contributed by atoms with van der Waals surface area (Å²) in [5, 5.41) is 0. The van der Waals surface area contributed by atoms with Gasteiger partial charge >= 0.3 is 16.8 Å². The Balaban J connectivity index is 0. The van der Waals surface area contributed by atoms with E-state index in [9.17, 15) is 0 Å². The molecule has 0 aliphatic heterocycles. The van der Waals surface area contributed by atoms with Crippen molar-refractivity contribution in [2.75, 3.05) is 0 Å². The Morgan fingerprint density at radius 3 is 1.17 bits per heavy atom. The molecule has 0 rings (SSSR count). The molecule has 0 aromatic heterocycles. The van der Waals surface area contributed by atoms with E-state index in [1.807, 2.05) is 0 Å². The average molecular weight is 154 g/mol. The molecule has 0 aromatic rings. The van der Waals surface area contributed by atoms with Crippen LogP contribution in [0.3, 0.4) is 0 Å². The van der Waals surface area contributed by atoms with Crippen molar-refractivity contribution in [2.24, 2.45) is 0 Å². The van der Waals surface area contributed by atoms with Crippen LogP contribution < -0.4 is 14.7 Å². The molecule has 1 radical (unpaired) electrons. The maximum absolute atomic E-state index is 8.55. The van der Waals surface area contributed by atoms with Crippen molar-refractivity contribution in [3.8, 4) is 0 Å². The molecule has 6 heteroatoms. The molecule has 6 heavy (non-hydrogen) atoms. The minimum absolute atomic E-state index is 0. The number of phosphoric acid groups is 1. The third kappa shape index (κ3) is 159. The minimum atomic E-state index is -5.39. The van der Waals surface area contributed by atoms with Crippen molar-refractivity contribution >= 4 is 7.82 Å². The summed E-state index contributed by atoms with van der Waals surface area (Å²) in [6.45, 7) is 0. The van der Waals surface area contributed by atoms with Gasteiger partial charge in [0.15, 0.2) is 0 Å². The van der Waals surface area contributed by atoms with Crippen LogP contribution >= 0.6 is 7.82 Å². The van der Waals surface area contributed by atoms with Gasteiger partial charge in [-0.25, -0.2) is 0 Å². The predicted molar refractivity (Wildman–Crippen MR) is 7.61 cm³/mol. The fourth-order valence-electron chi connectivity index (χ4n) is 0. The van der Waals surface area contributed by atoms with Gasteiger partial charge in [-0.2, -0.15) is 7.82 Å². The van der Waals surface area contributed by atoms with E-state index >= 15 is 0 Å². The Labute approximate surface area is 44.6 Å². The monoisotopic (exact) mass is 154 g/mol. The molecule has 0 unspecified atom stereocenters. The van der Waals surface area contributed by atoms with Gasteiger partial charge in [0.2, 0.25) is 0 Å². The van der Waals surface area contributed by atoms with Gasteiger partial charge in [-0.3, -0.25) is 0 Å². The van der Waals surface area contributed by atoms with Crippen molar-refractivity contribution in [3.63, 3.8) is 0 Å². The first-order valence-electron chi connectivity index (χ1n) is 0.730. The smallest absolute Gasteiger partial charge is 0.822 e. The molecule has 0 N–H and O–H groups in total. The van der Waals surface area contributed by atoms with Crippen LogP contribution in [0.2, 0.25) is 0 Å². The molecule has 0 saturated carbocycles. The summed E-state index contributed by atoms with van der Waals surface area (Å²) in [6.07, 6.45) is 0. The molecule has 0 bridgehead atoms. The van der Waals surface area contributed by atoms with Gasteiger partial charge in [0.25, 0.3) is 0 Å². The van der Waals surface area contributed by atoms with Crippen molar-refractivity contribution in [3.05, 3.63) is 0 Å². The molecule has 0 spiro atoms. The fourth-order valence-corrected chi connectivity index (χ4v) is 0. The Bertz CT molecular complexity index is 53.7. The standard InChI is InChI=1S/Co.H3O4P/c;1-5(2,3)4/h;(H3,1,2,3,4)/q+2;/p-3. The zero-order valence-electron chi connectivity index (χ0n) is 2.41. The summed E-state index contributed by atoms with van der Waals surface area (Å²) in [5.74, 6) is 0. The van der Waals surface area contributed by atoms with Gasteiger partial charge in [0, 0.05) is 0 Å². The van der Waals surface area contributed by atoms with Crippen molar-refractivity contribution in [1.82, 2.24) is 0 Å². The molecule has 0 amide bonds. The first kappa shape index (κ1) is 9.79.